The third-order valence-electron chi connectivity index (χ3n) is 3.43. The molecule has 1 aromatic heterocycles. The van der Waals surface area contributed by atoms with Crippen LogP contribution in [0.15, 0.2) is 42.5 Å². The quantitative estimate of drug-likeness (QED) is 0.687. The molecule has 0 aliphatic heterocycles. The van der Waals surface area contributed by atoms with Crippen LogP contribution in [-0.4, -0.2) is 19.1 Å². The molecular formula is C18H18N2S. The Morgan fingerprint density at radius 3 is 2.57 bits per heavy atom. The SMILES string of the molecule is Cc1cc(/C=C/c2nc3ccccc3s2)ccc1N(C)C. The Kier molecular flexibility index (Phi) is 3.76. The standard InChI is InChI=1S/C18H18N2S/c1-13-12-14(8-10-16(13)20(2)3)9-11-18-19-15-6-4-5-7-17(15)21-18/h4-12H,1-3H3/b11-9+. The van der Waals surface area contributed by atoms with E-state index in [2.05, 4.69) is 79.5 Å². The molecule has 0 spiro atoms. The van der Waals surface area contributed by atoms with Gasteiger partial charge in [-0.25, -0.2) is 4.98 Å². The Bertz CT molecular complexity index is 767. The van der Waals surface area contributed by atoms with Crippen LogP contribution in [0.4, 0.5) is 5.69 Å². The van der Waals surface area contributed by atoms with Crippen molar-refractivity contribution in [1.29, 1.82) is 0 Å². The van der Waals surface area contributed by atoms with Gasteiger partial charge in [0.1, 0.15) is 5.01 Å². The number of anilines is 1. The van der Waals surface area contributed by atoms with Gasteiger partial charge in [-0.15, -0.1) is 11.3 Å². The van der Waals surface area contributed by atoms with Gasteiger partial charge in [0.25, 0.3) is 0 Å². The van der Waals surface area contributed by atoms with Crippen LogP contribution in [0, 0.1) is 6.92 Å². The van der Waals surface area contributed by atoms with E-state index >= 15 is 0 Å². The molecule has 3 heteroatoms. The van der Waals surface area contributed by atoms with E-state index in [4.69, 9.17) is 0 Å². The Hall–Kier alpha value is -2.13. The Balaban J connectivity index is 1.87. The Morgan fingerprint density at radius 2 is 1.86 bits per heavy atom. The zero-order chi connectivity index (χ0) is 14.8. The number of rotatable bonds is 3. The van der Waals surface area contributed by atoms with Crippen LogP contribution in [0.1, 0.15) is 16.1 Å². The van der Waals surface area contributed by atoms with Crippen LogP contribution in [0.25, 0.3) is 22.4 Å². The Labute approximate surface area is 129 Å². The summed E-state index contributed by atoms with van der Waals surface area (Å²) in [6.45, 7) is 2.14. The van der Waals surface area contributed by atoms with Gasteiger partial charge in [-0.2, -0.15) is 0 Å². The number of benzene rings is 2. The summed E-state index contributed by atoms with van der Waals surface area (Å²) in [4.78, 5) is 6.75. The zero-order valence-corrected chi connectivity index (χ0v) is 13.3. The highest BCUT2D eigenvalue weighted by Gasteiger charge is 2.02. The van der Waals surface area contributed by atoms with Crippen LogP contribution < -0.4 is 4.90 Å². The van der Waals surface area contributed by atoms with Crippen LogP contribution >= 0.6 is 11.3 Å². The largest absolute Gasteiger partial charge is 0.377 e. The lowest BCUT2D eigenvalue weighted by Gasteiger charge is -2.15. The summed E-state index contributed by atoms with van der Waals surface area (Å²) in [5.41, 5.74) is 4.82. The number of aromatic nitrogens is 1. The second-order valence-electron chi connectivity index (χ2n) is 5.29. The second kappa shape index (κ2) is 5.70. The molecule has 0 radical (unpaired) electrons. The molecule has 0 N–H and O–H groups in total. The van der Waals surface area contributed by atoms with Crippen LogP contribution in [0.2, 0.25) is 0 Å². The normalized spacial score (nSPS) is 11.4. The molecule has 3 aromatic rings. The molecule has 106 valence electrons. The first-order valence-corrected chi connectivity index (χ1v) is 7.77. The molecule has 2 nitrogen and oxygen atoms in total. The zero-order valence-electron chi connectivity index (χ0n) is 12.5. The van der Waals surface area contributed by atoms with Gasteiger partial charge in [-0.05, 0) is 48.4 Å². The molecule has 2 aromatic carbocycles. The molecule has 21 heavy (non-hydrogen) atoms. The molecule has 0 atom stereocenters. The lowest BCUT2D eigenvalue weighted by molar-refractivity contribution is 1.11. The van der Waals surface area contributed by atoms with Gasteiger partial charge in [0.15, 0.2) is 0 Å². The van der Waals surface area contributed by atoms with Crippen molar-refractivity contribution in [3.8, 4) is 0 Å². The van der Waals surface area contributed by atoms with Crippen LogP contribution in [0.5, 0.6) is 0 Å². The maximum atomic E-state index is 4.62. The van der Waals surface area contributed by atoms with E-state index in [0.717, 1.165) is 10.5 Å². The molecular weight excluding hydrogens is 276 g/mol. The van der Waals surface area contributed by atoms with Gasteiger partial charge < -0.3 is 4.90 Å². The number of aryl methyl sites for hydroxylation is 1. The van der Waals surface area contributed by atoms with Crippen LogP contribution in [0.3, 0.4) is 0 Å². The first-order valence-electron chi connectivity index (χ1n) is 6.95. The summed E-state index contributed by atoms with van der Waals surface area (Å²) < 4.78 is 1.23. The summed E-state index contributed by atoms with van der Waals surface area (Å²) in [5.74, 6) is 0. The molecule has 0 aliphatic rings. The fourth-order valence-electron chi connectivity index (χ4n) is 2.41. The van der Waals surface area contributed by atoms with E-state index in [0.29, 0.717) is 0 Å². The fourth-order valence-corrected chi connectivity index (χ4v) is 3.28. The maximum Gasteiger partial charge on any atom is 0.117 e. The van der Waals surface area contributed by atoms with E-state index in [1.165, 1.54) is 21.5 Å². The lowest BCUT2D eigenvalue weighted by Crippen LogP contribution is -2.09. The van der Waals surface area contributed by atoms with Crippen molar-refractivity contribution in [3.63, 3.8) is 0 Å². The van der Waals surface area contributed by atoms with Crippen molar-refractivity contribution in [2.45, 2.75) is 6.92 Å². The van der Waals surface area contributed by atoms with E-state index in [-0.39, 0.29) is 0 Å². The smallest absolute Gasteiger partial charge is 0.117 e. The van der Waals surface area contributed by atoms with Crippen molar-refractivity contribution >= 4 is 39.4 Å². The Morgan fingerprint density at radius 1 is 1.05 bits per heavy atom. The maximum absolute atomic E-state index is 4.62. The van der Waals surface area contributed by atoms with E-state index in [9.17, 15) is 0 Å². The summed E-state index contributed by atoms with van der Waals surface area (Å²) in [7, 11) is 4.14. The molecule has 0 saturated carbocycles. The highest BCUT2D eigenvalue weighted by Crippen LogP contribution is 2.24. The molecule has 0 fully saturated rings. The third kappa shape index (κ3) is 2.98. The molecule has 0 unspecified atom stereocenters. The van der Waals surface area contributed by atoms with Crippen molar-refractivity contribution in [1.82, 2.24) is 4.98 Å². The highest BCUT2D eigenvalue weighted by molar-refractivity contribution is 7.19. The summed E-state index contributed by atoms with van der Waals surface area (Å²) in [6, 6.07) is 14.8. The average Bonchev–Trinajstić information content (AvgIpc) is 2.87. The molecule has 0 bridgehead atoms. The molecule has 0 saturated heterocycles. The number of fused-ring (bicyclic) bond motifs is 1. The van der Waals surface area contributed by atoms with Gasteiger partial charge in [0, 0.05) is 19.8 Å². The number of hydrogen-bond acceptors (Lipinski definition) is 3. The molecule has 0 amide bonds. The minimum atomic E-state index is 1.05. The first-order chi connectivity index (χ1) is 10.1. The van der Waals surface area contributed by atoms with Crippen LogP contribution in [-0.2, 0) is 0 Å². The summed E-state index contributed by atoms with van der Waals surface area (Å²) in [6.07, 6.45) is 4.22. The predicted octanol–water partition coefficient (Wildman–Crippen LogP) is 4.84. The van der Waals surface area contributed by atoms with E-state index in [1.54, 1.807) is 11.3 Å². The lowest BCUT2D eigenvalue weighted by atomic mass is 10.1. The van der Waals surface area contributed by atoms with Crippen molar-refractivity contribution in [2.75, 3.05) is 19.0 Å². The average molecular weight is 294 g/mol. The predicted molar refractivity (Wildman–Crippen MR) is 94.1 cm³/mol. The molecule has 0 aliphatic carbocycles. The van der Waals surface area contributed by atoms with Crippen molar-refractivity contribution < 1.29 is 0 Å². The highest BCUT2D eigenvalue weighted by atomic mass is 32.1. The third-order valence-corrected chi connectivity index (χ3v) is 4.43. The van der Waals surface area contributed by atoms with Crippen molar-refractivity contribution in [2.24, 2.45) is 0 Å². The fraction of sp³-hybridized carbons (Fsp3) is 0.167. The topological polar surface area (TPSA) is 16.1 Å². The van der Waals surface area contributed by atoms with Crippen molar-refractivity contribution in [3.05, 3.63) is 58.6 Å². The number of nitrogens with zero attached hydrogens (tertiary/aromatic N) is 2. The summed E-state index contributed by atoms with van der Waals surface area (Å²) in [5, 5.41) is 1.05. The first kappa shape index (κ1) is 13.8. The van der Waals surface area contributed by atoms with E-state index < -0.39 is 0 Å². The minimum Gasteiger partial charge on any atom is -0.377 e. The van der Waals surface area contributed by atoms with Gasteiger partial charge in [0.2, 0.25) is 0 Å². The second-order valence-corrected chi connectivity index (χ2v) is 6.36. The molecule has 1 heterocycles. The number of para-hydroxylation sites is 1. The van der Waals surface area contributed by atoms with E-state index in [1.807, 2.05) is 6.07 Å². The van der Waals surface area contributed by atoms with Gasteiger partial charge in [-0.3, -0.25) is 0 Å². The van der Waals surface area contributed by atoms with Gasteiger partial charge >= 0.3 is 0 Å². The molecule has 3 rings (SSSR count). The monoisotopic (exact) mass is 294 g/mol. The summed E-state index contributed by atoms with van der Waals surface area (Å²) >= 11 is 1.72. The van der Waals surface area contributed by atoms with Gasteiger partial charge in [0.05, 0.1) is 10.2 Å². The minimum absolute atomic E-state index is 1.05. The number of hydrogen-bond donors (Lipinski definition) is 0. The number of thiazole rings is 1. The van der Waals surface area contributed by atoms with Gasteiger partial charge in [-0.1, -0.05) is 24.3 Å².